The van der Waals surface area contributed by atoms with Gasteiger partial charge < -0.3 is 10.0 Å². The van der Waals surface area contributed by atoms with Gasteiger partial charge in [-0.05, 0) is 55.8 Å². The smallest absolute Gasteiger partial charge is 0.240 e. The zero-order valence-electron chi connectivity index (χ0n) is 15.1. The fraction of sp³-hybridized carbons (Fsp3) is 0.316. The van der Waals surface area contributed by atoms with Crippen molar-refractivity contribution >= 4 is 15.9 Å². The number of rotatable bonds is 7. The molecule has 0 saturated carbocycles. The number of hydrogen-bond acceptors (Lipinski definition) is 4. The van der Waals surface area contributed by atoms with Crippen molar-refractivity contribution in [3.05, 3.63) is 59.7 Å². The SMILES string of the molecule is CNS(=O)(=O)c1ccc(CCC(=O)N(C)[C@H](C)c2cccc(O)c2)cc1. The van der Waals surface area contributed by atoms with Crippen LogP contribution in [-0.4, -0.2) is 38.4 Å². The van der Waals surface area contributed by atoms with Crippen LogP contribution in [0, 0.1) is 0 Å². The highest BCUT2D eigenvalue weighted by molar-refractivity contribution is 7.89. The second kappa shape index (κ2) is 8.33. The summed E-state index contributed by atoms with van der Waals surface area (Å²) in [7, 11) is -0.348. The molecule has 26 heavy (non-hydrogen) atoms. The van der Waals surface area contributed by atoms with Crippen molar-refractivity contribution in [3.63, 3.8) is 0 Å². The van der Waals surface area contributed by atoms with Crippen LogP contribution >= 0.6 is 0 Å². The summed E-state index contributed by atoms with van der Waals surface area (Å²) in [6.07, 6.45) is 0.841. The molecule has 2 aromatic rings. The highest BCUT2D eigenvalue weighted by atomic mass is 32.2. The van der Waals surface area contributed by atoms with Crippen molar-refractivity contribution in [2.24, 2.45) is 0 Å². The van der Waals surface area contributed by atoms with Crippen molar-refractivity contribution < 1.29 is 18.3 Å². The molecule has 0 saturated heterocycles. The first-order valence-corrected chi connectivity index (χ1v) is 9.80. The molecule has 2 aromatic carbocycles. The number of benzene rings is 2. The van der Waals surface area contributed by atoms with E-state index in [9.17, 15) is 18.3 Å². The zero-order chi connectivity index (χ0) is 19.3. The maximum Gasteiger partial charge on any atom is 0.240 e. The molecule has 2 rings (SSSR count). The number of carbonyl (C=O) groups excluding carboxylic acids is 1. The highest BCUT2D eigenvalue weighted by Gasteiger charge is 2.18. The van der Waals surface area contributed by atoms with Crippen LogP contribution in [0.4, 0.5) is 0 Å². The molecule has 0 unspecified atom stereocenters. The standard InChI is InChI=1S/C19H24N2O4S/c1-14(16-5-4-6-17(22)13-16)21(3)19(23)12-9-15-7-10-18(11-8-15)26(24,25)20-2/h4-8,10-11,13-14,20,22H,9,12H2,1-3H3/t14-/m1/s1. The predicted octanol–water partition coefficient (Wildman–Crippen LogP) is 2.45. The lowest BCUT2D eigenvalue weighted by Crippen LogP contribution is -2.29. The number of nitrogens with zero attached hydrogens (tertiary/aromatic N) is 1. The molecular formula is C19H24N2O4S. The minimum atomic E-state index is -3.45. The summed E-state index contributed by atoms with van der Waals surface area (Å²) in [4.78, 5) is 14.3. The van der Waals surface area contributed by atoms with Gasteiger partial charge in [0.15, 0.2) is 0 Å². The molecule has 0 bridgehead atoms. The molecule has 2 N–H and O–H groups in total. The lowest BCUT2D eigenvalue weighted by atomic mass is 10.1. The van der Waals surface area contributed by atoms with Gasteiger partial charge >= 0.3 is 0 Å². The van der Waals surface area contributed by atoms with Gasteiger partial charge in [0, 0.05) is 13.5 Å². The Morgan fingerprint density at radius 2 is 1.85 bits per heavy atom. The average Bonchev–Trinajstić information content (AvgIpc) is 2.65. The lowest BCUT2D eigenvalue weighted by molar-refractivity contribution is -0.131. The van der Waals surface area contributed by atoms with Gasteiger partial charge in [-0.2, -0.15) is 0 Å². The van der Waals surface area contributed by atoms with Gasteiger partial charge in [0.1, 0.15) is 5.75 Å². The van der Waals surface area contributed by atoms with Crippen molar-refractivity contribution in [3.8, 4) is 5.75 Å². The van der Waals surface area contributed by atoms with Crippen molar-refractivity contribution in [2.75, 3.05) is 14.1 Å². The van der Waals surface area contributed by atoms with Crippen molar-refractivity contribution in [1.82, 2.24) is 9.62 Å². The molecule has 0 aliphatic carbocycles. The molecule has 0 heterocycles. The van der Waals surface area contributed by atoms with Crippen LogP contribution in [0.15, 0.2) is 53.4 Å². The van der Waals surface area contributed by atoms with Crippen LogP contribution in [0.3, 0.4) is 0 Å². The van der Waals surface area contributed by atoms with Crippen LogP contribution in [0.1, 0.15) is 30.5 Å². The lowest BCUT2D eigenvalue weighted by Gasteiger charge is -2.25. The van der Waals surface area contributed by atoms with Gasteiger partial charge in [0.2, 0.25) is 15.9 Å². The molecular weight excluding hydrogens is 352 g/mol. The third-order valence-electron chi connectivity index (χ3n) is 4.46. The van der Waals surface area contributed by atoms with Crippen LogP contribution in [0.2, 0.25) is 0 Å². The number of sulfonamides is 1. The highest BCUT2D eigenvalue weighted by Crippen LogP contribution is 2.23. The third-order valence-corrected chi connectivity index (χ3v) is 5.89. The molecule has 1 amide bonds. The van der Waals surface area contributed by atoms with Crippen LogP contribution < -0.4 is 4.72 Å². The van der Waals surface area contributed by atoms with E-state index in [0.29, 0.717) is 12.8 Å². The monoisotopic (exact) mass is 376 g/mol. The molecule has 1 atom stereocenters. The molecule has 7 heteroatoms. The quantitative estimate of drug-likeness (QED) is 0.777. The summed E-state index contributed by atoms with van der Waals surface area (Å²) < 4.78 is 25.7. The second-order valence-corrected chi connectivity index (χ2v) is 8.01. The van der Waals surface area contributed by atoms with Gasteiger partial charge in [-0.15, -0.1) is 0 Å². The van der Waals surface area contributed by atoms with Crippen LogP contribution in [0.5, 0.6) is 5.75 Å². The van der Waals surface area contributed by atoms with E-state index < -0.39 is 10.0 Å². The number of aryl methyl sites for hydroxylation is 1. The number of phenols is 1. The average molecular weight is 376 g/mol. The summed E-state index contributed by atoms with van der Waals surface area (Å²) in [6.45, 7) is 1.91. The molecule has 6 nitrogen and oxygen atoms in total. The zero-order valence-corrected chi connectivity index (χ0v) is 16.0. The Morgan fingerprint density at radius 3 is 2.42 bits per heavy atom. The van der Waals surface area contributed by atoms with Crippen molar-refractivity contribution in [1.29, 1.82) is 0 Å². The summed E-state index contributed by atoms with van der Waals surface area (Å²) in [6, 6.07) is 13.2. The fourth-order valence-electron chi connectivity index (χ4n) is 2.60. The third kappa shape index (κ3) is 4.83. The van der Waals surface area contributed by atoms with Gasteiger partial charge in [-0.3, -0.25) is 4.79 Å². The van der Waals surface area contributed by atoms with E-state index in [1.807, 2.05) is 13.0 Å². The van der Waals surface area contributed by atoms with Gasteiger partial charge in [-0.25, -0.2) is 13.1 Å². The minimum absolute atomic E-state index is 0.0206. The Kier molecular flexibility index (Phi) is 6.39. The molecule has 140 valence electrons. The van der Waals surface area contributed by atoms with E-state index in [-0.39, 0.29) is 22.6 Å². The molecule has 0 aliphatic heterocycles. The Balaban J connectivity index is 1.97. The van der Waals surface area contributed by atoms with Gasteiger partial charge in [-0.1, -0.05) is 24.3 Å². The molecule has 0 fully saturated rings. The van der Waals surface area contributed by atoms with E-state index in [4.69, 9.17) is 0 Å². The maximum absolute atomic E-state index is 12.4. The van der Waals surface area contributed by atoms with E-state index >= 15 is 0 Å². The van der Waals surface area contributed by atoms with E-state index in [1.165, 1.54) is 19.2 Å². The summed E-state index contributed by atoms with van der Waals surface area (Å²) in [5.74, 6) is 0.152. The van der Waals surface area contributed by atoms with Gasteiger partial charge in [0.25, 0.3) is 0 Å². The topological polar surface area (TPSA) is 86.7 Å². The van der Waals surface area contributed by atoms with E-state index in [0.717, 1.165) is 11.1 Å². The largest absolute Gasteiger partial charge is 0.508 e. The van der Waals surface area contributed by atoms with Gasteiger partial charge in [0.05, 0.1) is 10.9 Å². The number of carbonyl (C=O) groups is 1. The number of nitrogens with one attached hydrogen (secondary N) is 1. The Bertz CT molecular complexity index is 863. The number of hydrogen-bond donors (Lipinski definition) is 2. The number of amides is 1. The summed E-state index contributed by atoms with van der Waals surface area (Å²) >= 11 is 0. The van der Waals surface area contributed by atoms with E-state index in [2.05, 4.69) is 4.72 Å². The Hall–Kier alpha value is -2.38. The molecule has 0 aliphatic rings. The Morgan fingerprint density at radius 1 is 1.19 bits per heavy atom. The Labute approximate surface area is 154 Å². The second-order valence-electron chi connectivity index (χ2n) is 6.13. The molecule has 0 radical (unpaired) electrons. The van der Waals surface area contributed by atoms with Crippen molar-refractivity contribution in [2.45, 2.75) is 30.7 Å². The first-order valence-electron chi connectivity index (χ1n) is 8.31. The predicted molar refractivity (Wildman–Crippen MR) is 100 cm³/mol. The number of phenolic OH excluding ortho intramolecular Hbond substituents is 1. The normalized spacial score (nSPS) is 12.6. The molecule has 0 aromatic heterocycles. The first-order chi connectivity index (χ1) is 12.2. The van der Waals surface area contributed by atoms with E-state index in [1.54, 1.807) is 42.3 Å². The summed E-state index contributed by atoms with van der Waals surface area (Å²) in [5, 5.41) is 9.58. The molecule has 0 spiro atoms. The van der Waals surface area contributed by atoms with Crippen LogP contribution in [-0.2, 0) is 21.2 Å². The maximum atomic E-state index is 12.4. The first kappa shape index (κ1) is 19.9. The number of aromatic hydroxyl groups is 1. The fourth-order valence-corrected chi connectivity index (χ4v) is 3.34. The summed E-state index contributed by atoms with van der Waals surface area (Å²) in [5.41, 5.74) is 1.76. The minimum Gasteiger partial charge on any atom is -0.508 e. The van der Waals surface area contributed by atoms with Crippen LogP contribution in [0.25, 0.3) is 0 Å².